The first-order valence-electron chi connectivity index (χ1n) is 7.03. The molecule has 0 unspecified atom stereocenters. The van der Waals surface area contributed by atoms with E-state index in [0.717, 1.165) is 6.26 Å². The van der Waals surface area contributed by atoms with Gasteiger partial charge in [-0.3, -0.25) is 0 Å². The number of pyridine rings is 1. The van der Waals surface area contributed by atoms with Gasteiger partial charge in [0, 0.05) is 18.0 Å². The zero-order valence-corrected chi connectivity index (χ0v) is 14.5. The predicted octanol–water partition coefficient (Wildman–Crippen LogP) is 2.69. The third-order valence-corrected chi connectivity index (χ3v) is 4.90. The maximum atomic E-state index is 11.6. The largest absolute Gasteiger partial charge is 0.476 e. The molecule has 1 N–H and O–H groups in total. The molecule has 0 aliphatic rings. The maximum absolute atomic E-state index is 11.6. The molecule has 0 aliphatic heterocycles. The van der Waals surface area contributed by atoms with Gasteiger partial charge >= 0.3 is 5.97 Å². The van der Waals surface area contributed by atoms with Crippen LogP contribution >= 0.6 is 11.6 Å². The smallest absolute Gasteiger partial charge is 0.358 e. The molecular weight excluding hydrogens is 366 g/mol. The fraction of sp³-hybridized carbons (Fsp3) is 0.0625. The summed E-state index contributed by atoms with van der Waals surface area (Å²) in [5.41, 5.74) is 0.704. The zero-order valence-electron chi connectivity index (χ0n) is 12.9. The number of hydrogen-bond donors (Lipinski definition) is 1. The molecular formula is C16H12ClN3O4S. The first-order chi connectivity index (χ1) is 11.8. The molecule has 1 aromatic carbocycles. The monoisotopic (exact) mass is 377 g/mol. The Balaban J connectivity index is 2.22. The lowest BCUT2D eigenvalue weighted by Gasteiger charge is -2.07. The number of carboxylic acid groups (broad SMARTS) is 1. The molecule has 0 saturated heterocycles. The van der Waals surface area contributed by atoms with Crippen molar-refractivity contribution in [2.24, 2.45) is 0 Å². The Hall–Kier alpha value is -2.71. The van der Waals surface area contributed by atoms with Crippen LogP contribution in [-0.4, -0.2) is 40.5 Å². The van der Waals surface area contributed by atoms with Gasteiger partial charge < -0.3 is 5.11 Å². The Morgan fingerprint density at radius 3 is 2.36 bits per heavy atom. The summed E-state index contributed by atoms with van der Waals surface area (Å²) in [6.07, 6.45) is 2.27. The minimum absolute atomic E-state index is 0.0207. The highest BCUT2D eigenvalue weighted by Gasteiger charge is 2.23. The van der Waals surface area contributed by atoms with E-state index in [-0.39, 0.29) is 21.4 Å². The molecule has 2 heterocycles. The van der Waals surface area contributed by atoms with Gasteiger partial charge in [0.25, 0.3) is 0 Å². The van der Waals surface area contributed by atoms with Crippen LogP contribution in [0.15, 0.2) is 53.6 Å². The van der Waals surface area contributed by atoms with Gasteiger partial charge in [0.15, 0.2) is 21.3 Å². The number of benzene rings is 1. The summed E-state index contributed by atoms with van der Waals surface area (Å²) in [6, 6.07) is 11.7. The molecule has 2 aromatic heterocycles. The SMILES string of the molecule is CS(=O)(=O)c1ccc(-n2nc(C(=O)O)c(Cl)c2-c2ccccc2)nc1. The fourth-order valence-electron chi connectivity index (χ4n) is 2.26. The highest BCUT2D eigenvalue weighted by molar-refractivity contribution is 7.90. The van der Waals surface area contributed by atoms with Gasteiger partial charge in [0.2, 0.25) is 0 Å². The van der Waals surface area contributed by atoms with Crippen molar-refractivity contribution in [3.63, 3.8) is 0 Å². The number of halogens is 1. The molecule has 128 valence electrons. The van der Waals surface area contributed by atoms with Crippen LogP contribution in [0, 0.1) is 0 Å². The van der Waals surface area contributed by atoms with Crippen LogP contribution in [0.4, 0.5) is 0 Å². The lowest BCUT2D eigenvalue weighted by molar-refractivity contribution is 0.0690. The van der Waals surface area contributed by atoms with E-state index < -0.39 is 15.8 Å². The lowest BCUT2D eigenvalue weighted by Crippen LogP contribution is -2.05. The highest BCUT2D eigenvalue weighted by atomic mass is 35.5. The number of carboxylic acids is 1. The molecule has 0 radical (unpaired) electrons. The Labute approximate surface area is 148 Å². The van der Waals surface area contributed by atoms with Crippen molar-refractivity contribution in [1.82, 2.24) is 14.8 Å². The van der Waals surface area contributed by atoms with Crippen LogP contribution in [-0.2, 0) is 9.84 Å². The van der Waals surface area contributed by atoms with Crippen LogP contribution in [0.2, 0.25) is 5.02 Å². The van der Waals surface area contributed by atoms with Gasteiger partial charge in [-0.05, 0) is 12.1 Å². The van der Waals surface area contributed by atoms with Crippen LogP contribution < -0.4 is 0 Å². The van der Waals surface area contributed by atoms with E-state index >= 15 is 0 Å². The summed E-state index contributed by atoms with van der Waals surface area (Å²) < 4.78 is 24.4. The second-order valence-electron chi connectivity index (χ2n) is 5.22. The van der Waals surface area contributed by atoms with Crippen molar-refractivity contribution in [2.45, 2.75) is 4.90 Å². The molecule has 0 fully saturated rings. The van der Waals surface area contributed by atoms with Crippen molar-refractivity contribution in [2.75, 3.05) is 6.26 Å². The first kappa shape index (κ1) is 17.1. The van der Waals surface area contributed by atoms with Crippen molar-refractivity contribution in [1.29, 1.82) is 0 Å². The second-order valence-corrected chi connectivity index (χ2v) is 7.61. The summed E-state index contributed by atoms with van der Waals surface area (Å²) in [4.78, 5) is 15.5. The number of rotatable bonds is 4. The van der Waals surface area contributed by atoms with Crippen LogP contribution in [0.5, 0.6) is 0 Å². The van der Waals surface area contributed by atoms with E-state index in [4.69, 9.17) is 11.6 Å². The third-order valence-electron chi connectivity index (χ3n) is 3.44. The van der Waals surface area contributed by atoms with E-state index in [1.807, 2.05) is 6.07 Å². The van der Waals surface area contributed by atoms with Crippen LogP contribution in [0.1, 0.15) is 10.5 Å². The van der Waals surface area contributed by atoms with Crippen molar-refractivity contribution < 1.29 is 18.3 Å². The van der Waals surface area contributed by atoms with E-state index in [1.54, 1.807) is 24.3 Å². The van der Waals surface area contributed by atoms with Crippen molar-refractivity contribution in [3.8, 4) is 17.1 Å². The summed E-state index contributed by atoms with van der Waals surface area (Å²) >= 11 is 6.22. The number of nitrogens with zero attached hydrogens (tertiary/aromatic N) is 3. The standard InChI is InChI=1S/C16H12ClN3O4S/c1-25(23,24)11-7-8-12(18-9-11)20-15(10-5-3-2-4-6-10)13(17)14(19-20)16(21)22/h2-9H,1H3,(H,21,22). The summed E-state index contributed by atoms with van der Waals surface area (Å²) in [5, 5.41) is 13.3. The molecule has 0 saturated carbocycles. The number of sulfone groups is 1. The van der Waals surface area contributed by atoms with Crippen LogP contribution in [0.3, 0.4) is 0 Å². The molecule has 9 heteroatoms. The zero-order chi connectivity index (χ0) is 18.2. The molecule has 0 spiro atoms. The molecule has 3 aromatic rings. The number of aromatic nitrogens is 3. The Morgan fingerprint density at radius 1 is 1.16 bits per heavy atom. The average molecular weight is 378 g/mol. The Morgan fingerprint density at radius 2 is 1.84 bits per heavy atom. The number of aromatic carboxylic acids is 1. The Bertz CT molecular complexity index is 1040. The summed E-state index contributed by atoms with van der Waals surface area (Å²) in [7, 11) is -3.39. The van der Waals surface area contributed by atoms with E-state index in [0.29, 0.717) is 11.3 Å². The highest BCUT2D eigenvalue weighted by Crippen LogP contribution is 2.32. The lowest BCUT2D eigenvalue weighted by atomic mass is 10.1. The van der Waals surface area contributed by atoms with Crippen molar-refractivity contribution >= 4 is 27.4 Å². The molecule has 25 heavy (non-hydrogen) atoms. The molecule has 0 aliphatic carbocycles. The molecule has 7 nitrogen and oxygen atoms in total. The average Bonchev–Trinajstić information content (AvgIpc) is 2.92. The van der Waals surface area contributed by atoms with Crippen molar-refractivity contribution in [3.05, 3.63) is 59.4 Å². The molecule has 0 atom stereocenters. The van der Waals surface area contributed by atoms with Crippen LogP contribution in [0.25, 0.3) is 17.1 Å². The number of hydrogen-bond acceptors (Lipinski definition) is 5. The van der Waals surface area contributed by atoms with Gasteiger partial charge in [0.05, 0.1) is 10.6 Å². The topological polar surface area (TPSA) is 102 Å². The second kappa shape index (κ2) is 6.30. The molecule has 3 rings (SSSR count). The minimum Gasteiger partial charge on any atom is -0.476 e. The quantitative estimate of drug-likeness (QED) is 0.749. The van der Waals surface area contributed by atoms with Gasteiger partial charge in [-0.25, -0.2) is 22.9 Å². The van der Waals surface area contributed by atoms with E-state index in [2.05, 4.69) is 10.1 Å². The normalized spacial score (nSPS) is 11.4. The molecule has 0 bridgehead atoms. The minimum atomic E-state index is -3.39. The number of carbonyl (C=O) groups is 1. The fourth-order valence-corrected chi connectivity index (χ4v) is 3.13. The van der Waals surface area contributed by atoms with Gasteiger partial charge in [-0.1, -0.05) is 41.9 Å². The van der Waals surface area contributed by atoms with E-state index in [1.165, 1.54) is 23.0 Å². The Kier molecular flexibility index (Phi) is 4.32. The summed E-state index contributed by atoms with van der Waals surface area (Å²) in [5.74, 6) is -1.02. The summed E-state index contributed by atoms with van der Waals surface area (Å²) in [6.45, 7) is 0. The predicted molar refractivity (Wildman–Crippen MR) is 91.9 cm³/mol. The van der Waals surface area contributed by atoms with Gasteiger partial charge in [-0.15, -0.1) is 0 Å². The maximum Gasteiger partial charge on any atom is 0.358 e. The van der Waals surface area contributed by atoms with E-state index in [9.17, 15) is 18.3 Å². The third kappa shape index (κ3) is 3.26. The first-order valence-corrected chi connectivity index (χ1v) is 9.29. The molecule has 0 amide bonds. The van der Waals surface area contributed by atoms with Gasteiger partial charge in [-0.2, -0.15) is 5.10 Å². The van der Waals surface area contributed by atoms with Gasteiger partial charge in [0.1, 0.15) is 5.02 Å².